The van der Waals surface area contributed by atoms with E-state index in [1.165, 1.54) is 5.01 Å². The average Bonchev–Trinajstić information content (AvgIpc) is 2.52. The Morgan fingerprint density at radius 3 is 2.92 bits per heavy atom. The Hall–Kier alpha value is -0.920. The van der Waals surface area contributed by atoms with Crippen LogP contribution in [0.15, 0.2) is 0 Å². The maximum absolute atomic E-state index is 5.67. The van der Waals surface area contributed by atoms with Crippen molar-refractivity contribution in [1.82, 2.24) is 15.2 Å². The van der Waals surface area contributed by atoms with E-state index < -0.39 is 0 Å². The smallest absolute Gasteiger partial charge is 0.234 e. The van der Waals surface area contributed by atoms with Gasteiger partial charge in [0.15, 0.2) is 0 Å². The molecule has 0 saturated carbocycles. The largest absolute Gasteiger partial charge is 0.385 e. The Kier molecular flexibility index (Phi) is 3.87. The zero-order valence-electron chi connectivity index (χ0n) is 7.41. The summed E-state index contributed by atoms with van der Waals surface area (Å²) in [6.45, 7) is 1.35. The maximum atomic E-state index is 5.67. The first-order valence-electron chi connectivity index (χ1n) is 3.90. The number of hydrogen-bond donors (Lipinski definition) is 3. The normalized spacial score (nSPS) is 10.3. The van der Waals surface area contributed by atoms with Crippen LogP contribution in [0.1, 0.15) is 6.42 Å². The van der Waals surface area contributed by atoms with Crippen LogP contribution in [0.3, 0.4) is 0 Å². The first kappa shape index (κ1) is 10.2. The molecule has 1 rings (SSSR count). The number of hydrogen-bond acceptors (Lipinski definition) is 5. The molecule has 0 bridgehead atoms. The van der Waals surface area contributed by atoms with Gasteiger partial charge in [-0.2, -0.15) is 4.98 Å². The summed E-state index contributed by atoms with van der Waals surface area (Å²) < 4.78 is 5.29. The van der Waals surface area contributed by atoms with Crippen LogP contribution < -0.4 is 10.9 Å². The lowest BCUT2D eigenvalue weighted by atomic mass is 10.4. The number of aromatic amines is 2. The third kappa shape index (κ3) is 3.13. The van der Waals surface area contributed by atoms with E-state index in [9.17, 15) is 0 Å². The third-order valence-electron chi connectivity index (χ3n) is 1.51. The fourth-order valence-corrected chi connectivity index (χ4v) is 1.02. The van der Waals surface area contributed by atoms with Crippen LogP contribution in [0.25, 0.3) is 0 Å². The molecule has 0 spiro atoms. The molecule has 0 saturated heterocycles. The molecule has 1 heterocycles. The van der Waals surface area contributed by atoms with Crippen molar-refractivity contribution in [2.75, 3.05) is 25.3 Å². The number of rotatable bonds is 5. The quantitative estimate of drug-likeness (QED) is 0.275. The molecule has 0 aliphatic carbocycles. The highest BCUT2D eigenvalue weighted by molar-refractivity contribution is 7.71. The van der Waals surface area contributed by atoms with Crippen molar-refractivity contribution in [3.8, 4) is 0 Å². The summed E-state index contributed by atoms with van der Waals surface area (Å²) in [6.07, 6.45) is 0.848. The SMILES string of the molecule is COCCCN(N)c1nc(=S)[nH][nH]1. The highest BCUT2D eigenvalue weighted by Crippen LogP contribution is 2.00. The number of ether oxygens (including phenoxy) is 1. The molecule has 0 unspecified atom stereocenters. The van der Waals surface area contributed by atoms with Crippen LogP contribution >= 0.6 is 12.2 Å². The topological polar surface area (TPSA) is 83.0 Å². The van der Waals surface area contributed by atoms with Gasteiger partial charge in [-0.25, -0.2) is 5.84 Å². The number of nitrogens with one attached hydrogen (secondary N) is 2. The molecule has 1 aromatic rings. The number of aromatic nitrogens is 3. The first-order valence-corrected chi connectivity index (χ1v) is 4.30. The van der Waals surface area contributed by atoms with E-state index in [1.54, 1.807) is 7.11 Å². The molecule has 0 fully saturated rings. The summed E-state index contributed by atoms with van der Waals surface area (Å²) in [5, 5.41) is 6.91. The molecule has 13 heavy (non-hydrogen) atoms. The van der Waals surface area contributed by atoms with Gasteiger partial charge in [-0.3, -0.25) is 15.2 Å². The molecule has 0 aliphatic heterocycles. The zero-order valence-corrected chi connectivity index (χ0v) is 8.23. The van der Waals surface area contributed by atoms with E-state index in [0.717, 1.165) is 6.42 Å². The van der Waals surface area contributed by atoms with Crippen LogP contribution in [0.4, 0.5) is 5.95 Å². The van der Waals surface area contributed by atoms with Gasteiger partial charge >= 0.3 is 0 Å². The highest BCUT2D eigenvalue weighted by atomic mass is 32.1. The minimum atomic E-state index is 0.400. The predicted molar refractivity (Wildman–Crippen MR) is 51.8 cm³/mol. The van der Waals surface area contributed by atoms with Gasteiger partial charge < -0.3 is 4.74 Å². The van der Waals surface area contributed by atoms with Crippen molar-refractivity contribution in [3.63, 3.8) is 0 Å². The first-order chi connectivity index (χ1) is 6.24. The lowest BCUT2D eigenvalue weighted by Gasteiger charge is -2.13. The number of H-pyrrole nitrogens is 2. The Morgan fingerprint density at radius 1 is 1.62 bits per heavy atom. The van der Waals surface area contributed by atoms with Crippen molar-refractivity contribution in [3.05, 3.63) is 4.77 Å². The fourth-order valence-electron chi connectivity index (χ4n) is 0.883. The summed E-state index contributed by atoms with van der Waals surface area (Å²) in [5.74, 6) is 6.21. The van der Waals surface area contributed by atoms with Crippen molar-refractivity contribution < 1.29 is 4.74 Å². The van der Waals surface area contributed by atoms with Crippen molar-refractivity contribution >= 4 is 18.2 Å². The Morgan fingerprint density at radius 2 is 2.38 bits per heavy atom. The molecule has 0 aliphatic rings. The highest BCUT2D eigenvalue weighted by Gasteiger charge is 2.03. The van der Waals surface area contributed by atoms with E-state index in [1.807, 2.05) is 0 Å². The molecule has 1 aromatic heterocycles. The minimum absolute atomic E-state index is 0.400. The summed E-state index contributed by atoms with van der Waals surface area (Å²) in [6, 6.07) is 0. The summed E-state index contributed by atoms with van der Waals surface area (Å²) >= 11 is 4.78. The zero-order chi connectivity index (χ0) is 9.68. The van der Waals surface area contributed by atoms with E-state index in [0.29, 0.717) is 23.9 Å². The van der Waals surface area contributed by atoms with Gasteiger partial charge in [-0.15, -0.1) is 0 Å². The molecule has 0 aromatic carbocycles. The van der Waals surface area contributed by atoms with Crippen LogP contribution in [0, 0.1) is 4.77 Å². The van der Waals surface area contributed by atoms with Crippen molar-refractivity contribution in [1.29, 1.82) is 0 Å². The summed E-state index contributed by atoms with van der Waals surface area (Å²) in [4.78, 5) is 3.95. The summed E-state index contributed by atoms with van der Waals surface area (Å²) in [5.41, 5.74) is 0. The number of anilines is 1. The summed E-state index contributed by atoms with van der Waals surface area (Å²) in [7, 11) is 1.66. The molecule has 6 nitrogen and oxygen atoms in total. The molecular weight excluding hydrogens is 190 g/mol. The molecule has 7 heteroatoms. The standard InChI is InChI=1S/C6H13N5OS/c1-12-4-2-3-11(7)5-8-6(13)10-9-5/h2-4,7H2,1H3,(H2,8,9,10,13). The number of nitrogens with zero attached hydrogens (tertiary/aromatic N) is 2. The van der Waals surface area contributed by atoms with Crippen LogP contribution in [-0.2, 0) is 4.74 Å². The van der Waals surface area contributed by atoms with Gasteiger partial charge in [0.1, 0.15) is 0 Å². The Labute approximate surface area is 81.1 Å². The monoisotopic (exact) mass is 203 g/mol. The molecule has 0 atom stereocenters. The van der Waals surface area contributed by atoms with Crippen LogP contribution in [0.5, 0.6) is 0 Å². The Bertz CT molecular complexity index is 295. The minimum Gasteiger partial charge on any atom is -0.385 e. The van der Waals surface area contributed by atoms with Crippen molar-refractivity contribution in [2.45, 2.75) is 6.42 Å². The number of methoxy groups -OCH3 is 1. The number of hydrazine groups is 1. The van der Waals surface area contributed by atoms with E-state index >= 15 is 0 Å². The van der Waals surface area contributed by atoms with Gasteiger partial charge in [0, 0.05) is 20.3 Å². The lowest BCUT2D eigenvalue weighted by Crippen LogP contribution is -2.33. The Balaban J connectivity index is 2.39. The van der Waals surface area contributed by atoms with Gasteiger partial charge in [0.05, 0.1) is 0 Å². The third-order valence-corrected chi connectivity index (χ3v) is 1.70. The van der Waals surface area contributed by atoms with E-state index in [2.05, 4.69) is 15.2 Å². The molecule has 0 amide bonds. The second-order valence-electron chi connectivity index (χ2n) is 2.53. The maximum Gasteiger partial charge on any atom is 0.234 e. The van der Waals surface area contributed by atoms with Crippen LogP contribution in [-0.4, -0.2) is 35.4 Å². The predicted octanol–water partition coefficient (Wildman–Crippen LogP) is 0.184. The molecule has 74 valence electrons. The van der Waals surface area contributed by atoms with Crippen LogP contribution in [0.2, 0.25) is 0 Å². The van der Waals surface area contributed by atoms with Gasteiger partial charge in [0.25, 0.3) is 0 Å². The molecular formula is C6H13N5OS. The molecule has 4 N–H and O–H groups in total. The second kappa shape index (κ2) is 4.95. The molecule has 0 radical (unpaired) electrons. The lowest BCUT2D eigenvalue weighted by molar-refractivity contribution is 0.196. The average molecular weight is 203 g/mol. The second-order valence-corrected chi connectivity index (χ2v) is 2.92. The van der Waals surface area contributed by atoms with E-state index in [-0.39, 0.29) is 0 Å². The van der Waals surface area contributed by atoms with Gasteiger partial charge in [-0.05, 0) is 18.6 Å². The van der Waals surface area contributed by atoms with Crippen molar-refractivity contribution in [2.24, 2.45) is 5.84 Å². The fraction of sp³-hybridized carbons (Fsp3) is 0.667. The number of nitrogens with two attached hydrogens (primary N) is 1. The van der Waals surface area contributed by atoms with Gasteiger partial charge in [0.2, 0.25) is 10.7 Å². The van der Waals surface area contributed by atoms with E-state index in [4.69, 9.17) is 22.8 Å². The van der Waals surface area contributed by atoms with Gasteiger partial charge in [-0.1, -0.05) is 0 Å².